The van der Waals surface area contributed by atoms with Crippen LogP contribution in [0.4, 0.5) is 17.1 Å². The van der Waals surface area contributed by atoms with E-state index in [0.717, 1.165) is 39.0 Å². The largest absolute Gasteiger partial charge is 0.456 e. The summed E-state index contributed by atoms with van der Waals surface area (Å²) in [5, 5.41) is 7.35. The van der Waals surface area contributed by atoms with E-state index < -0.39 is 0 Å². The average Bonchev–Trinajstić information content (AvgIpc) is 3.73. The van der Waals surface area contributed by atoms with Gasteiger partial charge >= 0.3 is 0 Å². The fourth-order valence-corrected chi connectivity index (χ4v) is 8.29. The molecule has 0 saturated carbocycles. The molecule has 0 unspecified atom stereocenters. The first kappa shape index (κ1) is 27.9. The van der Waals surface area contributed by atoms with Gasteiger partial charge in [0.15, 0.2) is 0 Å². The summed E-state index contributed by atoms with van der Waals surface area (Å²) in [7, 11) is 0. The minimum Gasteiger partial charge on any atom is -0.456 e. The van der Waals surface area contributed by atoms with Crippen molar-refractivity contribution in [3.8, 4) is 22.3 Å². The van der Waals surface area contributed by atoms with E-state index in [1.165, 1.54) is 53.2 Å². The van der Waals surface area contributed by atoms with E-state index in [-0.39, 0.29) is 0 Å². The third kappa shape index (κ3) is 4.78. The Morgan fingerprint density at radius 3 is 1.92 bits per heavy atom. The third-order valence-electron chi connectivity index (χ3n) is 9.64. The van der Waals surface area contributed by atoms with Crippen LogP contribution in [0, 0.1) is 0 Å². The van der Waals surface area contributed by atoms with Crippen molar-refractivity contribution in [3.05, 3.63) is 176 Å². The highest BCUT2D eigenvalue weighted by atomic mass is 32.1. The van der Waals surface area contributed by atoms with E-state index in [1.54, 1.807) is 0 Å². The summed E-state index contributed by atoms with van der Waals surface area (Å²) in [4.78, 5) is 2.35. The summed E-state index contributed by atoms with van der Waals surface area (Å²) in [5.41, 5.74) is 9.85. The van der Waals surface area contributed by atoms with E-state index in [2.05, 4.69) is 169 Å². The Balaban J connectivity index is 1.10. The van der Waals surface area contributed by atoms with Gasteiger partial charge in [0.25, 0.3) is 0 Å². The maximum absolute atomic E-state index is 6.21. The predicted octanol–water partition coefficient (Wildman–Crippen LogP) is 13.9. The predicted molar refractivity (Wildman–Crippen MR) is 210 cm³/mol. The summed E-state index contributed by atoms with van der Waals surface area (Å²) in [6, 6.07) is 63.4. The molecule has 0 aliphatic carbocycles. The van der Waals surface area contributed by atoms with Gasteiger partial charge in [0, 0.05) is 48.0 Å². The van der Waals surface area contributed by atoms with Gasteiger partial charge < -0.3 is 9.32 Å². The fourth-order valence-electron chi connectivity index (χ4n) is 7.20. The molecule has 8 aromatic carbocycles. The molecule has 49 heavy (non-hydrogen) atoms. The second-order valence-electron chi connectivity index (χ2n) is 12.6. The molecular weight excluding hydrogens is 615 g/mol. The van der Waals surface area contributed by atoms with Crippen LogP contribution in [0.3, 0.4) is 0 Å². The van der Waals surface area contributed by atoms with E-state index in [0.29, 0.717) is 0 Å². The number of nitrogens with zero attached hydrogens (tertiary/aromatic N) is 1. The minimum atomic E-state index is 0.890. The van der Waals surface area contributed by atoms with Gasteiger partial charge in [-0.25, -0.2) is 0 Å². The topological polar surface area (TPSA) is 16.4 Å². The molecule has 0 atom stereocenters. The third-order valence-corrected chi connectivity index (χ3v) is 10.8. The average molecular weight is 644 g/mol. The van der Waals surface area contributed by atoms with Crippen LogP contribution in [0.1, 0.15) is 0 Å². The van der Waals surface area contributed by atoms with Gasteiger partial charge in [0.05, 0.1) is 0 Å². The van der Waals surface area contributed by atoms with E-state index in [4.69, 9.17) is 4.42 Å². The second kappa shape index (κ2) is 11.2. The molecule has 0 amide bonds. The monoisotopic (exact) mass is 643 g/mol. The number of benzene rings is 8. The Morgan fingerprint density at radius 2 is 1.00 bits per heavy atom. The molecule has 0 radical (unpaired) electrons. The van der Waals surface area contributed by atoms with Crippen LogP contribution in [0.15, 0.2) is 180 Å². The first-order valence-electron chi connectivity index (χ1n) is 16.6. The van der Waals surface area contributed by atoms with Crippen molar-refractivity contribution < 1.29 is 4.42 Å². The number of hydrogen-bond donors (Lipinski definition) is 0. The zero-order chi connectivity index (χ0) is 32.3. The second-order valence-corrected chi connectivity index (χ2v) is 13.7. The fraction of sp³-hybridized carbons (Fsp3) is 0. The van der Waals surface area contributed by atoms with Gasteiger partial charge in [0.1, 0.15) is 11.2 Å². The summed E-state index contributed by atoms with van der Waals surface area (Å²) in [5.74, 6) is 0. The van der Waals surface area contributed by atoms with Crippen LogP contribution >= 0.6 is 11.3 Å². The molecule has 230 valence electrons. The van der Waals surface area contributed by atoms with Gasteiger partial charge in [-0.15, -0.1) is 11.3 Å². The SMILES string of the molecule is c1cc(-c2ccc3ccccc3c2)cc(N(c2ccc(-c3ccc4sc5ccccc5c4c3)cc2)c2ccc3oc4ccccc4c3c2)c1. The van der Waals surface area contributed by atoms with Crippen molar-refractivity contribution in [2.24, 2.45) is 0 Å². The van der Waals surface area contributed by atoms with Crippen LogP contribution in [0.2, 0.25) is 0 Å². The van der Waals surface area contributed by atoms with E-state index in [9.17, 15) is 0 Å². The number of fused-ring (bicyclic) bond motifs is 7. The summed E-state index contributed by atoms with van der Waals surface area (Å²) >= 11 is 1.86. The number of thiophene rings is 1. The number of rotatable bonds is 5. The van der Waals surface area contributed by atoms with Crippen molar-refractivity contribution in [1.29, 1.82) is 0 Å². The molecule has 2 aromatic heterocycles. The number of anilines is 3. The lowest BCUT2D eigenvalue weighted by molar-refractivity contribution is 0.669. The van der Waals surface area contributed by atoms with Crippen molar-refractivity contribution in [2.45, 2.75) is 0 Å². The molecule has 3 heteroatoms. The first-order valence-corrected chi connectivity index (χ1v) is 17.4. The van der Waals surface area contributed by atoms with Crippen LogP contribution in [-0.2, 0) is 0 Å². The van der Waals surface area contributed by atoms with Crippen molar-refractivity contribution in [2.75, 3.05) is 4.90 Å². The molecule has 0 bridgehead atoms. The Morgan fingerprint density at radius 1 is 0.347 bits per heavy atom. The highest BCUT2D eigenvalue weighted by Crippen LogP contribution is 2.41. The van der Waals surface area contributed by atoms with Gasteiger partial charge in [-0.2, -0.15) is 0 Å². The summed E-state index contributed by atoms with van der Waals surface area (Å²) < 4.78 is 8.86. The standard InChI is InChI=1S/C46H29NOS/c1-2-9-32-26-34(17-16-30(32)8-1)33-10-7-11-37(27-33)47(38-23-24-44-41(29-38)39-12-3-5-14-43(39)48-44)36-21-18-31(19-22-36)35-20-25-46-42(28-35)40-13-4-6-15-45(40)49-46/h1-29H. The summed E-state index contributed by atoms with van der Waals surface area (Å²) in [6.45, 7) is 0. The molecule has 10 aromatic rings. The maximum Gasteiger partial charge on any atom is 0.135 e. The number of para-hydroxylation sites is 1. The van der Waals surface area contributed by atoms with Crippen LogP contribution in [0.5, 0.6) is 0 Å². The number of furan rings is 1. The lowest BCUT2D eigenvalue weighted by Crippen LogP contribution is -2.10. The van der Waals surface area contributed by atoms with Crippen molar-refractivity contribution in [1.82, 2.24) is 0 Å². The molecular formula is C46H29NOS. The van der Waals surface area contributed by atoms with Crippen molar-refractivity contribution >= 4 is 81.3 Å². The van der Waals surface area contributed by atoms with E-state index in [1.807, 2.05) is 23.5 Å². The Bertz CT molecular complexity index is 2840. The molecule has 0 N–H and O–H groups in total. The molecule has 2 nitrogen and oxygen atoms in total. The molecule has 0 aliphatic rings. The Kier molecular flexibility index (Phi) is 6.39. The lowest BCUT2D eigenvalue weighted by Gasteiger charge is -2.26. The van der Waals surface area contributed by atoms with E-state index >= 15 is 0 Å². The first-order chi connectivity index (χ1) is 24.2. The smallest absolute Gasteiger partial charge is 0.135 e. The summed E-state index contributed by atoms with van der Waals surface area (Å²) in [6.07, 6.45) is 0. The zero-order valence-electron chi connectivity index (χ0n) is 26.5. The molecule has 10 rings (SSSR count). The quantitative estimate of drug-likeness (QED) is 0.186. The number of hydrogen-bond acceptors (Lipinski definition) is 3. The minimum absolute atomic E-state index is 0.890. The lowest BCUT2D eigenvalue weighted by atomic mass is 10.00. The van der Waals surface area contributed by atoms with Gasteiger partial charge in [0.2, 0.25) is 0 Å². The molecule has 0 spiro atoms. The molecule has 0 aliphatic heterocycles. The van der Waals surface area contributed by atoms with Crippen LogP contribution < -0.4 is 4.90 Å². The Labute approximate surface area is 287 Å². The van der Waals surface area contributed by atoms with Gasteiger partial charge in [-0.1, -0.05) is 103 Å². The molecule has 0 fully saturated rings. The normalized spacial score (nSPS) is 11.7. The van der Waals surface area contributed by atoms with Crippen LogP contribution in [-0.4, -0.2) is 0 Å². The maximum atomic E-state index is 6.21. The van der Waals surface area contributed by atoms with Gasteiger partial charge in [-0.3, -0.25) is 0 Å². The highest BCUT2D eigenvalue weighted by Gasteiger charge is 2.17. The Hall–Kier alpha value is -6.16. The van der Waals surface area contributed by atoms with Crippen LogP contribution in [0.25, 0.3) is 75.1 Å². The molecule has 2 heterocycles. The van der Waals surface area contributed by atoms with Gasteiger partial charge in [-0.05, 0) is 106 Å². The molecule has 0 saturated heterocycles. The highest BCUT2D eigenvalue weighted by molar-refractivity contribution is 7.25. The zero-order valence-corrected chi connectivity index (χ0v) is 27.3. The van der Waals surface area contributed by atoms with Crippen molar-refractivity contribution in [3.63, 3.8) is 0 Å².